The Morgan fingerprint density at radius 1 is 1.24 bits per heavy atom. The van der Waals surface area contributed by atoms with Gasteiger partial charge in [-0.2, -0.15) is 0 Å². The van der Waals surface area contributed by atoms with Crippen molar-refractivity contribution in [3.05, 3.63) is 42.5 Å². The molecule has 86 valence electrons. The number of fused-ring (bicyclic) bond motifs is 1. The van der Waals surface area contributed by atoms with E-state index >= 15 is 0 Å². The normalized spacial score (nSPS) is 18.0. The maximum Gasteiger partial charge on any atom is 0.214 e. The number of amides is 1. The maximum atomic E-state index is 11.2. The van der Waals surface area contributed by atoms with Crippen LogP contribution < -0.4 is 4.90 Å². The van der Waals surface area contributed by atoms with Crippen molar-refractivity contribution in [2.24, 2.45) is 0 Å². The fourth-order valence-corrected chi connectivity index (χ4v) is 2.05. The predicted octanol–water partition coefficient (Wildman–Crippen LogP) is 2.20. The molecule has 1 saturated heterocycles. The van der Waals surface area contributed by atoms with Crippen LogP contribution in [0.3, 0.4) is 0 Å². The number of epoxide rings is 1. The van der Waals surface area contributed by atoms with Crippen molar-refractivity contribution in [3.63, 3.8) is 0 Å². The average molecular weight is 227 g/mol. The summed E-state index contributed by atoms with van der Waals surface area (Å²) in [6.45, 7) is 1.40. The second-order valence-corrected chi connectivity index (χ2v) is 4.21. The van der Waals surface area contributed by atoms with E-state index in [-0.39, 0.29) is 6.10 Å². The van der Waals surface area contributed by atoms with Crippen LogP contribution in [0.5, 0.6) is 0 Å². The first-order valence-corrected chi connectivity index (χ1v) is 5.70. The molecule has 1 amide bonds. The van der Waals surface area contributed by atoms with E-state index in [1.807, 2.05) is 30.3 Å². The third-order valence-corrected chi connectivity index (χ3v) is 3.01. The Balaban J connectivity index is 2.04. The van der Waals surface area contributed by atoms with E-state index in [1.54, 1.807) is 4.90 Å². The van der Waals surface area contributed by atoms with Crippen LogP contribution in [0.15, 0.2) is 42.5 Å². The summed E-state index contributed by atoms with van der Waals surface area (Å²) in [4.78, 5) is 12.9. The molecule has 1 aliphatic rings. The van der Waals surface area contributed by atoms with E-state index in [1.165, 1.54) is 0 Å². The highest BCUT2D eigenvalue weighted by molar-refractivity contribution is 5.98. The standard InChI is InChI=1S/C14H13NO2/c16-10-15(8-12-9-17-12)14-7-3-5-11-4-1-2-6-13(11)14/h1-7,10,12H,8-9H2. The Morgan fingerprint density at radius 2 is 2.00 bits per heavy atom. The second kappa shape index (κ2) is 4.18. The summed E-state index contributed by atoms with van der Waals surface area (Å²) in [6, 6.07) is 14.1. The molecule has 0 spiro atoms. The minimum absolute atomic E-state index is 0.208. The average Bonchev–Trinajstić information content (AvgIpc) is 3.19. The number of benzene rings is 2. The summed E-state index contributed by atoms with van der Waals surface area (Å²) in [5.41, 5.74) is 0.952. The molecule has 3 nitrogen and oxygen atoms in total. The van der Waals surface area contributed by atoms with E-state index in [2.05, 4.69) is 12.1 Å². The molecule has 0 bridgehead atoms. The van der Waals surface area contributed by atoms with Crippen molar-refractivity contribution in [3.8, 4) is 0 Å². The second-order valence-electron chi connectivity index (χ2n) is 4.21. The first kappa shape index (κ1) is 10.3. The summed E-state index contributed by atoms with van der Waals surface area (Å²) in [5.74, 6) is 0. The molecular weight excluding hydrogens is 214 g/mol. The number of anilines is 1. The minimum atomic E-state index is 0.208. The molecule has 1 unspecified atom stereocenters. The maximum absolute atomic E-state index is 11.2. The van der Waals surface area contributed by atoms with Gasteiger partial charge in [0.2, 0.25) is 6.41 Å². The zero-order valence-electron chi connectivity index (χ0n) is 9.37. The highest BCUT2D eigenvalue weighted by atomic mass is 16.6. The Labute approximate surface area is 99.6 Å². The number of carbonyl (C=O) groups is 1. The van der Waals surface area contributed by atoms with Gasteiger partial charge in [0.1, 0.15) is 0 Å². The number of ether oxygens (including phenoxy) is 1. The summed E-state index contributed by atoms with van der Waals surface area (Å²) in [7, 11) is 0. The number of rotatable bonds is 4. The molecule has 3 heteroatoms. The molecule has 3 rings (SSSR count). The zero-order chi connectivity index (χ0) is 11.7. The van der Waals surface area contributed by atoms with Crippen molar-refractivity contribution in [2.75, 3.05) is 18.1 Å². The number of nitrogens with zero attached hydrogens (tertiary/aromatic N) is 1. The van der Waals surface area contributed by atoms with Crippen molar-refractivity contribution in [1.82, 2.24) is 0 Å². The molecule has 1 heterocycles. The van der Waals surface area contributed by atoms with Crippen molar-refractivity contribution < 1.29 is 9.53 Å². The van der Waals surface area contributed by atoms with Crippen LogP contribution in [0, 0.1) is 0 Å². The van der Waals surface area contributed by atoms with Gasteiger partial charge in [-0.3, -0.25) is 4.79 Å². The van der Waals surface area contributed by atoms with Gasteiger partial charge in [-0.15, -0.1) is 0 Å². The molecule has 0 radical (unpaired) electrons. The number of hydrogen-bond donors (Lipinski definition) is 0. The largest absolute Gasteiger partial charge is 0.371 e. The van der Waals surface area contributed by atoms with Gasteiger partial charge >= 0.3 is 0 Å². The van der Waals surface area contributed by atoms with Crippen molar-refractivity contribution in [2.45, 2.75) is 6.10 Å². The monoisotopic (exact) mass is 227 g/mol. The molecule has 0 aliphatic carbocycles. The van der Waals surface area contributed by atoms with E-state index < -0.39 is 0 Å². The molecule has 0 saturated carbocycles. The van der Waals surface area contributed by atoms with Gasteiger partial charge in [0.25, 0.3) is 0 Å². The Morgan fingerprint density at radius 3 is 2.76 bits per heavy atom. The number of carbonyl (C=O) groups excluding carboxylic acids is 1. The predicted molar refractivity (Wildman–Crippen MR) is 67.1 cm³/mol. The first-order chi connectivity index (χ1) is 8.38. The van der Waals surface area contributed by atoms with Gasteiger partial charge in [-0.25, -0.2) is 0 Å². The van der Waals surface area contributed by atoms with E-state index in [9.17, 15) is 4.79 Å². The Kier molecular flexibility index (Phi) is 2.53. The molecule has 2 aromatic rings. The van der Waals surface area contributed by atoms with Crippen molar-refractivity contribution >= 4 is 22.9 Å². The van der Waals surface area contributed by atoms with Gasteiger partial charge in [-0.05, 0) is 11.5 Å². The molecule has 1 fully saturated rings. The van der Waals surface area contributed by atoms with Crippen LogP contribution in [0.25, 0.3) is 10.8 Å². The van der Waals surface area contributed by atoms with Gasteiger partial charge in [0.05, 0.1) is 24.9 Å². The van der Waals surface area contributed by atoms with E-state index in [0.29, 0.717) is 6.54 Å². The van der Waals surface area contributed by atoms with Gasteiger partial charge < -0.3 is 9.64 Å². The third kappa shape index (κ3) is 2.01. The lowest BCUT2D eigenvalue weighted by Gasteiger charge is -2.18. The van der Waals surface area contributed by atoms with Crippen LogP contribution >= 0.6 is 0 Å². The molecule has 0 N–H and O–H groups in total. The Hall–Kier alpha value is -1.87. The van der Waals surface area contributed by atoms with Gasteiger partial charge in [-0.1, -0.05) is 36.4 Å². The molecule has 0 aromatic heterocycles. The molecule has 1 atom stereocenters. The lowest BCUT2D eigenvalue weighted by molar-refractivity contribution is -0.107. The highest BCUT2D eigenvalue weighted by Crippen LogP contribution is 2.27. The molecule has 2 aromatic carbocycles. The highest BCUT2D eigenvalue weighted by Gasteiger charge is 2.26. The first-order valence-electron chi connectivity index (χ1n) is 5.70. The van der Waals surface area contributed by atoms with Crippen LogP contribution in [0.4, 0.5) is 5.69 Å². The van der Waals surface area contributed by atoms with Crippen LogP contribution in [0.2, 0.25) is 0 Å². The SMILES string of the molecule is O=CN(CC1CO1)c1cccc2ccccc12. The van der Waals surface area contributed by atoms with Crippen molar-refractivity contribution in [1.29, 1.82) is 0 Å². The zero-order valence-corrected chi connectivity index (χ0v) is 9.37. The van der Waals surface area contributed by atoms with Crippen LogP contribution in [-0.4, -0.2) is 25.7 Å². The van der Waals surface area contributed by atoms with Gasteiger partial charge in [0.15, 0.2) is 0 Å². The lowest BCUT2D eigenvalue weighted by Crippen LogP contribution is -2.26. The summed E-state index contributed by atoms with van der Waals surface area (Å²) < 4.78 is 5.17. The summed E-state index contributed by atoms with van der Waals surface area (Å²) >= 11 is 0. The quantitative estimate of drug-likeness (QED) is 0.592. The van der Waals surface area contributed by atoms with E-state index in [0.717, 1.165) is 29.5 Å². The van der Waals surface area contributed by atoms with E-state index in [4.69, 9.17) is 4.74 Å². The Bertz CT molecular complexity index is 543. The van der Waals surface area contributed by atoms with Crippen LogP contribution in [0.1, 0.15) is 0 Å². The number of hydrogen-bond acceptors (Lipinski definition) is 2. The smallest absolute Gasteiger partial charge is 0.214 e. The minimum Gasteiger partial charge on any atom is -0.371 e. The van der Waals surface area contributed by atoms with Crippen LogP contribution in [-0.2, 0) is 9.53 Å². The fourth-order valence-electron chi connectivity index (χ4n) is 2.05. The topological polar surface area (TPSA) is 32.8 Å². The third-order valence-electron chi connectivity index (χ3n) is 3.01. The molecule has 17 heavy (non-hydrogen) atoms. The molecular formula is C14H13NO2. The fraction of sp³-hybridized carbons (Fsp3) is 0.214. The summed E-state index contributed by atoms with van der Waals surface area (Å²) in [5, 5.41) is 2.25. The van der Waals surface area contributed by atoms with Gasteiger partial charge in [0, 0.05) is 5.39 Å². The molecule has 1 aliphatic heterocycles. The lowest BCUT2D eigenvalue weighted by atomic mass is 10.1. The summed E-state index contributed by atoms with van der Waals surface area (Å²) in [6.07, 6.45) is 1.09.